The van der Waals surface area contributed by atoms with Crippen LogP contribution in [0.5, 0.6) is 0 Å². The van der Waals surface area contributed by atoms with Gasteiger partial charge in [-0.2, -0.15) is 13.9 Å². The van der Waals surface area contributed by atoms with Gasteiger partial charge >= 0.3 is 6.55 Å². The van der Waals surface area contributed by atoms with Crippen LogP contribution < -0.4 is 5.32 Å². The summed E-state index contributed by atoms with van der Waals surface area (Å²) in [6.45, 7) is 1.85. The quantitative estimate of drug-likeness (QED) is 0.325. The van der Waals surface area contributed by atoms with Crippen molar-refractivity contribution in [2.24, 2.45) is 4.99 Å². The molecule has 0 aliphatic carbocycles. The molecule has 0 saturated carbocycles. The molecule has 0 spiro atoms. The van der Waals surface area contributed by atoms with Crippen molar-refractivity contribution in [2.75, 3.05) is 19.6 Å². The molecule has 1 aromatic carbocycles. The molecule has 188 valence electrons. The van der Waals surface area contributed by atoms with E-state index >= 15 is 0 Å². The van der Waals surface area contributed by atoms with E-state index in [0.29, 0.717) is 38.9 Å². The van der Waals surface area contributed by atoms with Crippen LogP contribution in [0.2, 0.25) is 5.02 Å². The molecule has 0 bridgehead atoms. The van der Waals surface area contributed by atoms with Gasteiger partial charge in [0.05, 0.1) is 12.2 Å². The van der Waals surface area contributed by atoms with Crippen LogP contribution in [0, 0.1) is 5.82 Å². The summed E-state index contributed by atoms with van der Waals surface area (Å²) in [5.41, 5.74) is 0.756. The lowest BCUT2D eigenvalue weighted by molar-refractivity contribution is 0.0560. The molecule has 1 saturated heterocycles. The number of aromatic nitrogens is 3. The van der Waals surface area contributed by atoms with Crippen LogP contribution in [-0.4, -0.2) is 55.8 Å². The molecular weight excluding hydrogens is 513 g/mol. The number of hydrogen-bond acceptors (Lipinski definition) is 7. The molecule has 36 heavy (non-hydrogen) atoms. The Bertz CT molecular complexity index is 1340. The Hall–Kier alpha value is -2.99. The maximum absolute atomic E-state index is 13.9. The number of hydrogen-bond donors (Lipinski definition) is 2. The molecule has 0 amide bonds. The fourth-order valence-corrected chi connectivity index (χ4v) is 5.48. The fourth-order valence-electron chi connectivity index (χ4n) is 4.57. The number of alkyl halides is 2. The van der Waals surface area contributed by atoms with Crippen molar-refractivity contribution in [2.45, 2.75) is 24.6 Å². The third-order valence-corrected chi connectivity index (χ3v) is 7.17. The van der Waals surface area contributed by atoms with E-state index in [2.05, 4.69) is 22.0 Å². The lowest BCUT2D eigenvalue weighted by Gasteiger charge is -2.32. The maximum Gasteiger partial charge on any atom is 0.333 e. The number of amidine groups is 1. The first-order chi connectivity index (χ1) is 17.3. The monoisotopic (exact) mass is 534 g/mol. The van der Waals surface area contributed by atoms with Gasteiger partial charge in [0.15, 0.2) is 10.8 Å². The van der Waals surface area contributed by atoms with Crippen LogP contribution in [-0.2, 0) is 0 Å². The van der Waals surface area contributed by atoms with Gasteiger partial charge in [-0.05, 0) is 18.2 Å². The summed E-state index contributed by atoms with van der Waals surface area (Å²) in [6, 6.07) is 4.68. The molecule has 0 radical (unpaired) electrons. The van der Waals surface area contributed by atoms with Gasteiger partial charge < -0.3 is 15.3 Å². The van der Waals surface area contributed by atoms with E-state index in [-0.39, 0.29) is 30.2 Å². The molecule has 5 rings (SSSR count). The lowest BCUT2D eigenvalue weighted by atomic mass is 9.91. The van der Waals surface area contributed by atoms with Crippen molar-refractivity contribution in [3.05, 3.63) is 87.5 Å². The second kappa shape index (κ2) is 9.81. The maximum atomic E-state index is 13.9. The van der Waals surface area contributed by atoms with Gasteiger partial charge in [-0.25, -0.2) is 14.1 Å². The number of nitrogens with one attached hydrogen (secondary N) is 1. The Morgan fingerprint density at radius 3 is 2.86 bits per heavy atom. The molecule has 2 aromatic heterocycles. The van der Waals surface area contributed by atoms with Gasteiger partial charge in [0.25, 0.3) is 0 Å². The molecule has 2 aliphatic heterocycles. The van der Waals surface area contributed by atoms with Crippen LogP contribution in [0.4, 0.5) is 13.2 Å². The van der Waals surface area contributed by atoms with Gasteiger partial charge in [0.2, 0.25) is 0 Å². The number of halogens is 4. The standard InChI is InChI=1S/C24H22ClF3N6OS/c1-2-6-29-12-24(35)11-18-19(17-5-8-34(32-17)23(27)28)20(15-4-3-14(26)10-16(15)25)31-21(33(18)13-24)22-30-7-9-36-22/h2-5,7-10,20,23,29,35H,1,6,11-13H2/t20-,24+/m0/s1. The molecule has 3 aromatic rings. The minimum Gasteiger partial charge on any atom is -0.386 e. The van der Waals surface area contributed by atoms with Gasteiger partial charge in [0.1, 0.15) is 17.5 Å². The Labute approximate surface area is 214 Å². The van der Waals surface area contributed by atoms with Crippen molar-refractivity contribution in [1.29, 1.82) is 0 Å². The number of nitrogens with zero attached hydrogens (tertiary/aromatic N) is 5. The number of fused-ring (bicyclic) bond motifs is 1. The summed E-state index contributed by atoms with van der Waals surface area (Å²) >= 11 is 7.83. The van der Waals surface area contributed by atoms with Gasteiger partial charge in [0, 0.05) is 59.1 Å². The Balaban J connectivity index is 1.70. The molecular formula is C24H22ClF3N6OS. The van der Waals surface area contributed by atoms with E-state index in [1.807, 2.05) is 10.3 Å². The van der Waals surface area contributed by atoms with E-state index in [0.717, 1.165) is 0 Å². The molecule has 2 atom stereocenters. The minimum absolute atomic E-state index is 0.142. The fraction of sp³-hybridized carbons (Fsp3) is 0.292. The predicted molar refractivity (Wildman–Crippen MR) is 133 cm³/mol. The zero-order chi connectivity index (χ0) is 25.4. The normalized spacial score (nSPS) is 21.8. The summed E-state index contributed by atoms with van der Waals surface area (Å²) in [7, 11) is 0. The number of aliphatic hydroxyl groups is 1. The summed E-state index contributed by atoms with van der Waals surface area (Å²) in [5.74, 6) is 0.00658. The van der Waals surface area contributed by atoms with Crippen molar-refractivity contribution >= 4 is 34.3 Å². The van der Waals surface area contributed by atoms with Crippen LogP contribution in [0.15, 0.2) is 65.4 Å². The number of aliphatic imine (C=N–C) groups is 1. The molecule has 1 fully saturated rings. The van der Waals surface area contributed by atoms with E-state index in [1.165, 1.54) is 41.8 Å². The largest absolute Gasteiger partial charge is 0.386 e. The SMILES string of the molecule is C=CCNC[C@]1(O)CC2=C(c3ccn(C(F)F)n3)[C@H](c3ccc(F)cc3Cl)N=C(c3nccs3)N2C1. The first-order valence-corrected chi connectivity index (χ1v) is 12.4. The average molecular weight is 535 g/mol. The molecule has 2 aliphatic rings. The first kappa shape index (κ1) is 24.7. The highest BCUT2D eigenvalue weighted by Gasteiger charge is 2.47. The Kier molecular flexibility index (Phi) is 6.73. The summed E-state index contributed by atoms with van der Waals surface area (Å²) in [5, 5.41) is 21.3. The number of benzene rings is 1. The number of rotatable bonds is 8. The first-order valence-electron chi connectivity index (χ1n) is 11.1. The zero-order valence-corrected chi connectivity index (χ0v) is 20.5. The van der Waals surface area contributed by atoms with Crippen LogP contribution in [0.1, 0.15) is 35.3 Å². The van der Waals surface area contributed by atoms with Crippen molar-refractivity contribution in [1.82, 2.24) is 25.0 Å². The van der Waals surface area contributed by atoms with Crippen molar-refractivity contribution < 1.29 is 18.3 Å². The molecule has 2 N–H and O–H groups in total. The summed E-state index contributed by atoms with van der Waals surface area (Å²) in [6.07, 6.45) is 4.74. The smallest absolute Gasteiger partial charge is 0.333 e. The lowest BCUT2D eigenvalue weighted by Crippen LogP contribution is -2.44. The van der Waals surface area contributed by atoms with E-state index in [4.69, 9.17) is 16.6 Å². The third-order valence-electron chi connectivity index (χ3n) is 6.07. The summed E-state index contributed by atoms with van der Waals surface area (Å²) in [4.78, 5) is 11.2. The summed E-state index contributed by atoms with van der Waals surface area (Å²) < 4.78 is 41.3. The van der Waals surface area contributed by atoms with Crippen molar-refractivity contribution in [3.8, 4) is 0 Å². The van der Waals surface area contributed by atoms with Crippen LogP contribution in [0.3, 0.4) is 0 Å². The highest BCUT2D eigenvalue weighted by atomic mass is 35.5. The molecule has 7 nitrogen and oxygen atoms in total. The second-order valence-corrected chi connectivity index (χ2v) is 9.89. The topological polar surface area (TPSA) is 78.6 Å². The van der Waals surface area contributed by atoms with Crippen LogP contribution in [0.25, 0.3) is 5.57 Å². The molecule has 12 heteroatoms. The molecule has 0 unspecified atom stereocenters. The van der Waals surface area contributed by atoms with Crippen LogP contribution >= 0.6 is 22.9 Å². The van der Waals surface area contributed by atoms with Gasteiger partial charge in [-0.15, -0.1) is 17.9 Å². The number of thiazole rings is 1. The van der Waals surface area contributed by atoms with Crippen molar-refractivity contribution in [3.63, 3.8) is 0 Å². The third kappa shape index (κ3) is 4.59. The van der Waals surface area contributed by atoms with E-state index in [1.54, 1.807) is 12.3 Å². The predicted octanol–water partition coefficient (Wildman–Crippen LogP) is 4.65. The van der Waals surface area contributed by atoms with E-state index in [9.17, 15) is 18.3 Å². The Morgan fingerprint density at radius 2 is 2.19 bits per heavy atom. The molecule has 4 heterocycles. The highest BCUT2D eigenvalue weighted by Crippen LogP contribution is 2.48. The van der Waals surface area contributed by atoms with Gasteiger partial charge in [-0.1, -0.05) is 23.7 Å². The highest BCUT2D eigenvalue weighted by molar-refractivity contribution is 7.11. The Morgan fingerprint density at radius 1 is 1.36 bits per heavy atom. The zero-order valence-electron chi connectivity index (χ0n) is 18.9. The van der Waals surface area contributed by atoms with E-state index < -0.39 is 24.0 Å². The minimum atomic E-state index is -2.82. The average Bonchev–Trinajstić information content (AvgIpc) is 3.58. The second-order valence-electron chi connectivity index (χ2n) is 8.58. The van der Waals surface area contributed by atoms with Gasteiger partial charge in [-0.3, -0.25) is 4.99 Å².